The molecule has 0 radical (unpaired) electrons. The quantitative estimate of drug-likeness (QED) is 0.0123. The highest BCUT2D eigenvalue weighted by Crippen LogP contribution is 2.47. The fourth-order valence-corrected chi connectivity index (χ4v) is 23.7. The number of carboxylic acid groups (broad SMARTS) is 4. The predicted octanol–water partition coefficient (Wildman–Crippen LogP) is 20.6. The van der Waals surface area contributed by atoms with E-state index in [-0.39, 0.29) is 77.0 Å². The summed E-state index contributed by atoms with van der Waals surface area (Å²) in [6.45, 7) is 3.76. The Labute approximate surface area is 766 Å². The molecule has 34 heteroatoms. The molecule has 2 aliphatic carbocycles. The smallest absolute Gasteiger partial charge is 0.313 e. The normalized spacial score (nSPS) is 14.8. The van der Waals surface area contributed by atoms with Gasteiger partial charge in [-0.2, -0.15) is 0 Å². The molecule has 129 heavy (non-hydrogen) atoms. The van der Waals surface area contributed by atoms with Crippen LogP contribution in [0, 0.1) is 0 Å². The van der Waals surface area contributed by atoms with Crippen LogP contribution in [-0.4, -0.2) is 148 Å². The number of anilines is 6. The summed E-state index contributed by atoms with van der Waals surface area (Å²) in [7, 11) is -15.6. The monoisotopic (exact) mass is 1900 g/mol. The van der Waals surface area contributed by atoms with E-state index in [0.29, 0.717) is 85.9 Å². The van der Waals surface area contributed by atoms with Crippen molar-refractivity contribution in [1.29, 1.82) is 0 Å². The third kappa shape index (κ3) is 24.7. The summed E-state index contributed by atoms with van der Waals surface area (Å²) in [5, 5.41) is 82.3. The Morgan fingerprint density at radius 2 is 0.535 bits per heavy atom. The highest BCUT2D eigenvalue weighted by Gasteiger charge is 2.28. The number of fused-ring (bicyclic) bond motifs is 4. The van der Waals surface area contributed by atoms with Crippen LogP contribution in [0.15, 0.2) is 258 Å². The second-order valence-electron chi connectivity index (χ2n) is 31.7. The van der Waals surface area contributed by atoms with Crippen LogP contribution < -0.4 is 28.7 Å². The fourth-order valence-electron chi connectivity index (χ4n) is 16.4. The molecule has 2 aliphatic heterocycles. The second-order valence-corrected chi connectivity index (χ2v) is 42.5. The molecule has 12 N–H and O–H groups in total. The van der Waals surface area contributed by atoms with E-state index in [2.05, 4.69) is 28.7 Å². The van der Waals surface area contributed by atoms with Crippen LogP contribution in [-0.2, 0) is 59.3 Å². The number of thioether (sulfide) groups is 4. The molecule has 0 aromatic heterocycles. The van der Waals surface area contributed by atoms with Gasteiger partial charge in [-0.05, 0) is 165 Å². The standard InChI is InChI=1S/C25H27NO5S2.C24H26N2O5S2.C24H25NO5S2.C22H22N2O5S2/c27-24(28)16-32-23-15-22(20-12-5-6-13-21(20)25(23)29)26-33(30,31)19-11-7-10-18(14-19)17-8-3-1-2-4-9-17;27-23(28)16-32-22-15-21(19-10-3-4-11-20(19)24(22)29)25-33(30,31)18-9-7-8-17(14-18)26-12-5-1-2-6-13-26;26-23(27)15-31-22-14-21(19-11-4-5-12-20(19)24(22)28)25-32(29,30)18-10-6-9-17(13-18)16-7-2-1-3-8-16;25-21(26)14-30-20-13-19(17-5-1-2-6-18(17)22(20)27)23-31(28,29)16-9-7-15(8-10-16)24-11-3-4-12-24/h5-7,10-15,17,26,29H,1-4,8-9,16H2,(H,27,28);3-4,7-11,14-15,25,29H,1-2,5-6,12-13,16H2,(H,27,28);4-6,9-14,16,25,28H,1-3,7-8,15H2,(H,26,27);1-2,5-10,13,23,27H,3-4,11-12,14H2,(H,25,26). The summed E-state index contributed by atoms with van der Waals surface area (Å²) in [5.74, 6) is -4.61. The summed E-state index contributed by atoms with van der Waals surface area (Å²) in [5.41, 5.74) is 5.15. The van der Waals surface area contributed by atoms with Crippen molar-refractivity contribution in [3.05, 3.63) is 230 Å². The van der Waals surface area contributed by atoms with Gasteiger partial charge < -0.3 is 50.7 Å². The minimum absolute atomic E-state index is 0.0600. The number of rotatable bonds is 28. The van der Waals surface area contributed by atoms with Gasteiger partial charge in [0.2, 0.25) is 0 Å². The molecule has 12 aromatic carbocycles. The van der Waals surface area contributed by atoms with Crippen molar-refractivity contribution in [2.24, 2.45) is 0 Å². The number of carboxylic acids is 4. The highest BCUT2D eigenvalue weighted by atomic mass is 32.2. The summed E-state index contributed by atoms with van der Waals surface area (Å²) in [6, 6.07) is 61.4. The van der Waals surface area contributed by atoms with Crippen molar-refractivity contribution in [1.82, 2.24) is 0 Å². The van der Waals surface area contributed by atoms with Crippen LogP contribution in [0.3, 0.4) is 0 Å². The summed E-state index contributed by atoms with van der Waals surface area (Å²) in [4.78, 5) is 50.3. The molecule has 4 fully saturated rings. The largest absolute Gasteiger partial charge is 0.506 e. The molecule has 4 aliphatic rings. The number of phenolic OH excluding ortho intramolecular Hbond substituents is 4. The Kier molecular flexibility index (Phi) is 32.1. The van der Waals surface area contributed by atoms with Crippen molar-refractivity contribution >= 4 is 188 Å². The number of nitrogens with zero attached hydrogens (tertiary/aromatic N) is 2. The number of aliphatic carboxylic acids is 4. The maximum Gasteiger partial charge on any atom is 0.313 e. The Morgan fingerprint density at radius 3 is 0.845 bits per heavy atom. The third-order valence-corrected chi connectivity index (χ3v) is 32.3. The van der Waals surface area contributed by atoms with Crippen molar-refractivity contribution < 1.29 is 93.7 Å². The maximum atomic E-state index is 13.3. The summed E-state index contributed by atoms with van der Waals surface area (Å²) in [6.07, 6.45) is 19.5. The lowest BCUT2D eigenvalue weighted by molar-refractivity contribution is -0.134. The van der Waals surface area contributed by atoms with Crippen molar-refractivity contribution in [2.45, 2.75) is 160 Å². The SMILES string of the molecule is O=C(O)CSc1cc(NS(=O)(=O)c2ccc(N3CCCC3)cc2)c2ccccc2c1O.O=C(O)CSc1cc(NS(=O)(=O)c2cccc(C3CCCCC3)c2)c2ccccc2c1O.O=C(O)CSc1cc(NS(=O)(=O)c2cccc(C3CCCCCC3)c2)c2ccccc2c1O.O=C(O)CSc1cc(NS(=O)(=O)c2cccc(N3CCCCCC3)c2)c2ccccc2c1O. The van der Waals surface area contributed by atoms with Gasteiger partial charge in [0.05, 0.1) is 84.9 Å². The molecule has 0 amide bonds. The average molecular weight is 1900 g/mol. The first-order valence-corrected chi connectivity index (χ1v) is 52.2. The van der Waals surface area contributed by atoms with Crippen molar-refractivity contribution in [3.8, 4) is 23.0 Å². The lowest BCUT2D eigenvalue weighted by atomic mass is 9.84. The van der Waals surface area contributed by atoms with E-state index < -0.39 is 64.0 Å². The average Bonchev–Trinajstić information content (AvgIpc) is 1.23. The van der Waals surface area contributed by atoms with Crippen LogP contribution >= 0.6 is 47.0 Å². The van der Waals surface area contributed by atoms with Gasteiger partial charge in [-0.15, -0.1) is 47.0 Å². The maximum absolute atomic E-state index is 13.3. The Balaban J connectivity index is 0.000000147. The number of carbonyl (C=O) groups is 4. The fraction of sp³-hybridized carbons (Fsp3) is 0.284. The predicted molar refractivity (Wildman–Crippen MR) is 513 cm³/mol. The van der Waals surface area contributed by atoms with Gasteiger partial charge in [0.15, 0.2) is 0 Å². The van der Waals surface area contributed by atoms with Gasteiger partial charge >= 0.3 is 23.9 Å². The minimum Gasteiger partial charge on any atom is -0.506 e. The van der Waals surface area contributed by atoms with E-state index in [9.17, 15) is 73.3 Å². The number of aromatic hydroxyl groups is 4. The Bertz CT molecular complexity index is 6390. The molecule has 0 atom stereocenters. The zero-order chi connectivity index (χ0) is 91.6. The van der Waals surface area contributed by atoms with Gasteiger partial charge in [0.25, 0.3) is 40.1 Å². The van der Waals surface area contributed by atoms with E-state index in [1.165, 1.54) is 56.4 Å². The summed E-state index contributed by atoms with van der Waals surface area (Å²) < 4.78 is 117. The molecule has 2 saturated heterocycles. The highest BCUT2D eigenvalue weighted by molar-refractivity contribution is 8.01. The van der Waals surface area contributed by atoms with Gasteiger partial charge in [0.1, 0.15) is 23.0 Å². The minimum atomic E-state index is -3.92. The molecule has 678 valence electrons. The lowest BCUT2D eigenvalue weighted by Gasteiger charge is -2.23. The zero-order valence-electron chi connectivity index (χ0n) is 70.3. The number of sulfonamides is 4. The number of hydrogen-bond acceptors (Lipinski definition) is 22. The topological polar surface area (TPSA) is 421 Å². The van der Waals surface area contributed by atoms with Gasteiger partial charge in [-0.1, -0.05) is 185 Å². The third-order valence-electron chi connectivity index (χ3n) is 22.8. The van der Waals surface area contributed by atoms with Gasteiger partial charge in [-0.3, -0.25) is 38.1 Å². The van der Waals surface area contributed by atoms with Crippen LogP contribution in [0.4, 0.5) is 34.1 Å². The Hall–Kier alpha value is -11.2. The van der Waals surface area contributed by atoms with Gasteiger partial charge in [-0.25, -0.2) is 33.7 Å². The number of nitrogens with one attached hydrogen (secondary N) is 4. The van der Waals surface area contributed by atoms with E-state index in [0.717, 1.165) is 173 Å². The van der Waals surface area contributed by atoms with Crippen LogP contribution in [0.5, 0.6) is 23.0 Å². The zero-order valence-corrected chi connectivity index (χ0v) is 76.8. The van der Waals surface area contributed by atoms with E-state index in [4.69, 9.17) is 20.4 Å². The molecule has 12 aromatic rings. The molecule has 0 unspecified atom stereocenters. The number of phenols is 4. The number of hydrogen-bond donors (Lipinski definition) is 12. The molecule has 0 bridgehead atoms. The summed E-state index contributed by atoms with van der Waals surface area (Å²) >= 11 is 3.76. The first kappa shape index (κ1) is 95.3. The van der Waals surface area contributed by atoms with Gasteiger partial charge in [0, 0.05) is 80.6 Å². The lowest BCUT2D eigenvalue weighted by Crippen LogP contribution is -2.24. The molecule has 2 saturated carbocycles. The van der Waals surface area contributed by atoms with Crippen LogP contribution in [0.2, 0.25) is 0 Å². The van der Waals surface area contributed by atoms with E-state index in [1.54, 1.807) is 164 Å². The first-order valence-electron chi connectivity index (χ1n) is 42.3. The number of benzene rings is 12. The van der Waals surface area contributed by atoms with Crippen molar-refractivity contribution in [2.75, 3.05) is 77.9 Å². The van der Waals surface area contributed by atoms with E-state index >= 15 is 0 Å². The molecule has 16 rings (SSSR count). The first-order chi connectivity index (χ1) is 61.9. The Morgan fingerprint density at radius 1 is 0.279 bits per heavy atom. The van der Waals surface area contributed by atoms with Crippen LogP contribution in [0.1, 0.15) is 132 Å². The van der Waals surface area contributed by atoms with E-state index in [1.807, 2.05) is 30.3 Å². The van der Waals surface area contributed by atoms with Crippen LogP contribution in [0.25, 0.3) is 43.1 Å². The molecular formula is C95H100N6O20S8. The molecule has 26 nitrogen and oxygen atoms in total. The molecular weight excluding hydrogens is 1800 g/mol. The van der Waals surface area contributed by atoms with Crippen molar-refractivity contribution in [3.63, 3.8) is 0 Å². The molecule has 2 heterocycles. The molecule has 0 spiro atoms. The second kappa shape index (κ2) is 43.5.